The fourth-order valence-electron chi connectivity index (χ4n) is 2.58. The predicted octanol–water partition coefficient (Wildman–Crippen LogP) is 2.43. The van der Waals surface area contributed by atoms with Crippen LogP contribution in [0.2, 0.25) is 0 Å². The Bertz CT molecular complexity index is 640. The molecule has 20 heavy (non-hydrogen) atoms. The number of esters is 1. The van der Waals surface area contributed by atoms with E-state index >= 15 is 0 Å². The first kappa shape index (κ1) is 12.7. The Balaban J connectivity index is 1.81. The van der Waals surface area contributed by atoms with Gasteiger partial charge in [-0.05, 0) is 30.2 Å². The zero-order chi connectivity index (χ0) is 13.9. The quantitative estimate of drug-likeness (QED) is 0.802. The molecule has 0 aliphatic carbocycles. The molecule has 0 saturated heterocycles. The minimum absolute atomic E-state index is 0.324. The van der Waals surface area contributed by atoms with Crippen molar-refractivity contribution >= 4 is 11.7 Å². The normalized spacial score (nSPS) is 13.2. The van der Waals surface area contributed by atoms with Crippen molar-refractivity contribution in [2.24, 2.45) is 0 Å². The minimum atomic E-state index is -0.324. The average Bonchev–Trinajstić information content (AvgIpc) is 2.90. The molecule has 2 heterocycles. The maximum atomic E-state index is 11.5. The van der Waals surface area contributed by atoms with Gasteiger partial charge in [0, 0.05) is 18.4 Å². The van der Waals surface area contributed by atoms with E-state index in [1.54, 1.807) is 18.3 Å². The van der Waals surface area contributed by atoms with E-state index in [0.29, 0.717) is 12.1 Å². The number of aromatic nitrogens is 1. The van der Waals surface area contributed by atoms with Crippen LogP contribution in [0.25, 0.3) is 0 Å². The molecule has 0 spiro atoms. The highest BCUT2D eigenvalue weighted by atomic mass is 16.5. The molecule has 102 valence electrons. The molecular formula is C16H16N2O2. The fraction of sp³-hybridized carbons (Fsp3) is 0.250. The molecule has 1 aromatic heterocycles. The van der Waals surface area contributed by atoms with E-state index in [9.17, 15) is 4.79 Å². The van der Waals surface area contributed by atoms with Gasteiger partial charge in [-0.1, -0.05) is 18.2 Å². The monoisotopic (exact) mass is 268 g/mol. The van der Waals surface area contributed by atoms with Crippen molar-refractivity contribution in [3.8, 4) is 0 Å². The molecule has 1 aromatic carbocycles. The first-order valence-corrected chi connectivity index (χ1v) is 6.64. The van der Waals surface area contributed by atoms with Crippen LogP contribution < -0.4 is 4.90 Å². The molecule has 4 heteroatoms. The lowest BCUT2D eigenvalue weighted by Crippen LogP contribution is -2.20. The maximum Gasteiger partial charge on any atom is 0.337 e. The molecule has 0 N–H and O–H groups in total. The van der Waals surface area contributed by atoms with Gasteiger partial charge in [-0.15, -0.1) is 0 Å². The lowest BCUT2D eigenvalue weighted by Gasteiger charge is -2.19. The summed E-state index contributed by atoms with van der Waals surface area (Å²) in [6.45, 7) is 1.70. The lowest BCUT2D eigenvalue weighted by molar-refractivity contribution is 0.0600. The summed E-state index contributed by atoms with van der Waals surface area (Å²) in [7, 11) is 1.39. The summed E-state index contributed by atoms with van der Waals surface area (Å²) in [5.41, 5.74) is 4.06. The number of ether oxygens (including phenoxy) is 1. The van der Waals surface area contributed by atoms with Gasteiger partial charge in [-0.3, -0.25) is 4.98 Å². The summed E-state index contributed by atoms with van der Waals surface area (Å²) in [6, 6.07) is 11.9. The van der Waals surface area contributed by atoms with Gasteiger partial charge < -0.3 is 9.64 Å². The highest BCUT2D eigenvalue weighted by Gasteiger charge is 2.19. The summed E-state index contributed by atoms with van der Waals surface area (Å²) in [6.07, 6.45) is 2.72. The van der Waals surface area contributed by atoms with Crippen LogP contribution in [0.15, 0.2) is 42.6 Å². The molecule has 0 atom stereocenters. The molecule has 0 bridgehead atoms. The molecule has 0 unspecified atom stereocenters. The number of benzene rings is 1. The highest BCUT2D eigenvalue weighted by Crippen LogP contribution is 2.28. The second-order valence-corrected chi connectivity index (χ2v) is 4.83. The lowest BCUT2D eigenvalue weighted by atomic mass is 10.2. The van der Waals surface area contributed by atoms with Crippen molar-refractivity contribution in [1.29, 1.82) is 0 Å². The van der Waals surface area contributed by atoms with Crippen LogP contribution >= 0.6 is 0 Å². The molecular weight excluding hydrogens is 252 g/mol. The molecule has 0 amide bonds. The number of hydrogen-bond donors (Lipinski definition) is 0. The largest absolute Gasteiger partial charge is 0.465 e. The second-order valence-electron chi connectivity index (χ2n) is 4.83. The Kier molecular flexibility index (Phi) is 3.37. The number of methoxy groups -OCH3 is 1. The van der Waals surface area contributed by atoms with Crippen molar-refractivity contribution in [2.45, 2.75) is 13.0 Å². The standard InChI is InChI=1S/C16H16N2O2/c1-20-16(19)13-6-8-17-14(10-13)11-18-9-7-12-4-2-3-5-15(12)18/h2-6,8,10H,7,9,11H2,1H3. The van der Waals surface area contributed by atoms with Crippen LogP contribution in [-0.2, 0) is 17.7 Å². The van der Waals surface area contributed by atoms with E-state index in [-0.39, 0.29) is 5.97 Å². The van der Waals surface area contributed by atoms with Crippen LogP contribution in [0.5, 0.6) is 0 Å². The molecule has 0 saturated carbocycles. The van der Waals surface area contributed by atoms with Crippen LogP contribution in [0.3, 0.4) is 0 Å². The molecule has 1 aliphatic rings. The first-order chi connectivity index (χ1) is 9.78. The van der Waals surface area contributed by atoms with Crippen LogP contribution in [0.1, 0.15) is 21.6 Å². The zero-order valence-electron chi connectivity index (χ0n) is 11.4. The number of carbonyl (C=O) groups is 1. The molecule has 3 rings (SSSR count). The Morgan fingerprint density at radius 1 is 1.35 bits per heavy atom. The topological polar surface area (TPSA) is 42.4 Å². The Labute approximate surface area is 118 Å². The summed E-state index contributed by atoms with van der Waals surface area (Å²) in [5, 5.41) is 0. The smallest absolute Gasteiger partial charge is 0.337 e. The van der Waals surface area contributed by atoms with Gasteiger partial charge in [-0.2, -0.15) is 0 Å². The van der Waals surface area contributed by atoms with E-state index in [1.165, 1.54) is 18.4 Å². The summed E-state index contributed by atoms with van der Waals surface area (Å²) in [5.74, 6) is -0.324. The third-order valence-electron chi connectivity index (χ3n) is 3.57. The number of fused-ring (bicyclic) bond motifs is 1. The van der Waals surface area contributed by atoms with Crippen molar-refractivity contribution < 1.29 is 9.53 Å². The van der Waals surface area contributed by atoms with E-state index < -0.39 is 0 Å². The van der Waals surface area contributed by atoms with E-state index in [0.717, 1.165) is 18.7 Å². The number of para-hydroxylation sites is 1. The maximum absolute atomic E-state index is 11.5. The van der Waals surface area contributed by atoms with E-state index in [1.807, 2.05) is 0 Å². The van der Waals surface area contributed by atoms with E-state index in [2.05, 4.69) is 34.1 Å². The van der Waals surface area contributed by atoms with Gasteiger partial charge >= 0.3 is 5.97 Å². The molecule has 0 radical (unpaired) electrons. The van der Waals surface area contributed by atoms with E-state index in [4.69, 9.17) is 4.74 Å². The third kappa shape index (κ3) is 2.37. The van der Waals surface area contributed by atoms with Crippen molar-refractivity contribution in [2.75, 3.05) is 18.6 Å². The summed E-state index contributed by atoms with van der Waals surface area (Å²) >= 11 is 0. The minimum Gasteiger partial charge on any atom is -0.465 e. The van der Waals surface area contributed by atoms with Gasteiger partial charge in [0.05, 0.1) is 24.9 Å². The van der Waals surface area contributed by atoms with Crippen LogP contribution in [-0.4, -0.2) is 24.6 Å². The Morgan fingerprint density at radius 3 is 3.05 bits per heavy atom. The Morgan fingerprint density at radius 2 is 2.20 bits per heavy atom. The number of rotatable bonds is 3. The number of hydrogen-bond acceptors (Lipinski definition) is 4. The predicted molar refractivity (Wildman–Crippen MR) is 76.8 cm³/mol. The molecule has 4 nitrogen and oxygen atoms in total. The first-order valence-electron chi connectivity index (χ1n) is 6.64. The second kappa shape index (κ2) is 5.33. The van der Waals surface area contributed by atoms with Crippen molar-refractivity contribution in [3.63, 3.8) is 0 Å². The third-order valence-corrected chi connectivity index (χ3v) is 3.57. The number of pyridine rings is 1. The summed E-state index contributed by atoms with van der Waals surface area (Å²) in [4.78, 5) is 18.2. The number of nitrogens with zero attached hydrogens (tertiary/aromatic N) is 2. The average molecular weight is 268 g/mol. The highest BCUT2D eigenvalue weighted by molar-refractivity contribution is 5.89. The van der Waals surface area contributed by atoms with Crippen LogP contribution in [0.4, 0.5) is 5.69 Å². The van der Waals surface area contributed by atoms with Gasteiger partial charge in [0.25, 0.3) is 0 Å². The molecule has 2 aromatic rings. The van der Waals surface area contributed by atoms with Gasteiger partial charge in [0.15, 0.2) is 0 Å². The SMILES string of the molecule is COC(=O)c1ccnc(CN2CCc3ccccc32)c1. The fourth-order valence-corrected chi connectivity index (χ4v) is 2.58. The van der Waals surface area contributed by atoms with Gasteiger partial charge in [0.2, 0.25) is 0 Å². The van der Waals surface area contributed by atoms with Crippen molar-refractivity contribution in [1.82, 2.24) is 4.98 Å². The molecule has 1 aliphatic heterocycles. The van der Waals surface area contributed by atoms with Crippen LogP contribution in [0, 0.1) is 0 Å². The van der Waals surface area contributed by atoms with Gasteiger partial charge in [0.1, 0.15) is 0 Å². The Hall–Kier alpha value is -2.36. The molecule has 0 fully saturated rings. The number of anilines is 1. The van der Waals surface area contributed by atoms with Gasteiger partial charge in [-0.25, -0.2) is 4.79 Å². The summed E-state index contributed by atoms with van der Waals surface area (Å²) < 4.78 is 4.74. The number of carbonyl (C=O) groups excluding carboxylic acids is 1. The van der Waals surface area contributed by atoms with Crippen molar-refractivity contribution in [3.05, 3.63) is 59.4 Å². The zero-order valence-corrected chi connectivity index (χ0v) is 11.4.